The van der Waals surface area contributed by atoms with Crippen LogP contribution in [0.2, 0.25) is 0 Å². The van der Waals surface area contributed by atoms with Gasteiger partial charge in [0.05, 0.1) is 0 Å². The van der Waals surface area contributed by atoms with Gasteiger partial charge >= 0.3 is 0 Å². The van der Waals surface area contributed by atoms with Gasteiger partial charge in [0.25, 0.3) is 0 Å². The van der Waals surface area contributed by atoms with Gasteiger partial charge in [-0.05, 0) is 55.5 Å². The lowest BCUT2D eigenvalue weighted by Crippen LogP contribution is -2.36. The number of benzene rings is 3. The summed E-state index contributed by atoms with van der Waals surface area (Å²) < 4.78 is 14.3. The molecule has 0 aromatic heterocycles. The van der Waals surface area contributed by atoms with Crippen molar-refractivity contribution in [1.29, 1.82) is 0 Å². The molecule has 1 N–H and O–H groups in total. The zero-order valence-electron chi connectivity index (χ0n) is 16.2. The molecule has 0 unspecified atom stereocenters. The topological polar surface area (TPSA) is 29.1 Å². The lowest BCUT2D eigenvalue weighted by Gasteiger charge is -2.27. The maximum atomic E-state index is 14.3. The van der Waals surface area contributed by atoms with E-state index in [-0.39, 0.29) is 6.04 Å². The minimum atomic E-state index is -2.94. The van der Waals surface area contributed by atoms with Crippen molar-refractivity contribution in [3.63, 3.8) is 0 Å². The Bertz CT molecular complexity index is 850. The molecule has 0 aliphatic heterocycles. The Morgan fingerprint density at radius 2 is 1.32 bits per heavy atom. The summed E-state index contributed by atoms with van der Waals surface area (Å²) in [5.41, 5.74) is 1.26. The summed E-state index contributed by atoms with van der Waals surface area (Å²) in [5, 5.41) is 5.29. The summed E-state index contributed by atoms with van der Waals surface area (Å²) in [6.07, 6.45) is 5.74. The molecule has 0 spiro atoms. The number of rotatable bonds is 10. The maximum absolute atomic E-state index is 14.3. The Labute approximate surface area is 168 Å². The van der Waals surface area contributed by atoms with E-state index in [0.717, 1.165) is 36.3 Å². The van der Waals surface area contributed by atoms with E-state index in [1.54, 1.807) is 0 Å². The molecule has 0 amide bonds. The zero-order chi connectivity index (χ0) is 19.7. The van der Waals surface area contributed by atoms with Crippen LogP contribution >= 0.6 is 7.29 Å². The Kier molecular flexibility index (Phi) is 7.42. The zero-order valence-corrected chi connectivity index (χ0v) is 17.1. The van der Waals surface area contributed by atoms with E-state index in [9.17, 15) is 4.57 Å². The summed E-state index contributed by atoms with van der Waals surface area (Å²) in [6.45, 7) is 3.84. The molecular formula is C25H28NOP. The molecule has 0 bridgehead atoms. The normalized spacial score (nSPS) is 12.4. The molecule has 0 radical (unpaired) electrons. The molecule has 3 aromatic rings. The third-order valence-electron chi connectivity index (χ3n) is 4.89. The lowest BCUT2D eigenvalue weighted by atomic mass is 10.0. The van der Waals surface area contributed by atoms with E-state index in [4.69, 9.17) is 0 Å². The molecule has 3 aromatic carbocycles. The molecule has 0 aliphatic carbocycles. The number of unbranched alkanes of at least 4 members (excludes halogenated alkanes) is 1. The molecule has 1 atom stereocenters. The van der Waals surface area contributed by atoms with Crippen molar-refractivity contribution in [1.82, 2.24) is 5.09 Å². The van der Waals surface area contributed by atoms with Crippen molar-refractivity contribution >= 4 is 17.9 Å². The van der Waals surface area contributed by atoms with Crippen molar-refractivity contribution in [2.45, 2.75) is 31.7 Å². The Morgan fingerprint density at radius 1 is 0.821 bits per heavy atom. The highest BCUT2D eigenvalue weighted by atomic mass is 31.2. The Hall–Kier alpha value is -2.41. The number of nitrogens with one attached hydrogen (secondary N) is 1. The quantitative estimate of drug-likeness (QED) is 0.283. The van der Waals surface area contributed by atoms with E-state index in [0.29, 0.717) is 0 Å². The van der Waals surface area contributed by atoms with Gasteiger partial charge in [-0.2, -0.15) is 0 Å². The summed E-state index contributed by atoms with van der Waals surface area (Å²) in [5.74, 6) is 0. The molecular weight excluding hydrogens is 361 g/mol. The molecule has 28 heavy (non-hydrogen) atoms. The van der Waals surface area contributed by atoms with Crippen LogP contribution in [0, 0.1) is 0 Å². The first-order valence-corrected chi connectivity index (χ1v) is 11.6. The third-order valence-corrected chi connectivity index (χ3v) is 7.67. The molecule has 0 aliphatic rings. The van der Waals surface area contributed by atoms with Crippen LogP contribution in [0.3, 0.4) is 0 Å². The van der Waals surface area contributed by atoms with Gasteiger partial charge < -0.3 is 0 Å². The van der Waals surface area contributed by atoms with Crippen molar-refractivity contribution in [3.05, 3.63) is 109 Å². The smallest absolute Gasteiger partial charge is 0.204 e. The van der Waals surface area contributed by atoms with Crippen LogP contribution in [0.15, 0.2) is 104 Å². The van der Waals surface area contributed by atoms with E-state index >= 15 is 0 Å². The van der Waals surface area contributed by atoms with Gasteiger partial charge in [0.1, 0.15) is 0 Å². The Balaban J connectivity index is 1.92. The van der Waals surface area contributed by atoms with E-state index in [2.05, 4.69) is 35.9 Å². The van der Waals surface area contributed by atoms with Crippen molar-refractivity contribution in [2.75, 3.05) is 0 Å². The molecule has 3 heteroatoms. The fraction of sp³-hybridized carbons (Fsp3) is 0.200. The van der Waals surface area contributed by atoms with Crippen LogP contribution in [0.25, 0.3) is 0 Å². The van der Waals surface area contributed by atoms with Crippen LogP contribution in [0.4, 0.5) is 0 Å². The first-order chi connectivity index (χ1) is 13.7. The van der Waals surface area contributed by atoms with Gasteiger partial charge in [-0.1, -0.05) is 72.8 Å². The highest BCUT2D eigenvalue weighted by Crippen LogP contribution is 2.40. The highest BCUT2D eigenvalue weighted by Gasteiger charge is 2.29. The second-order valence-corrected chi connectivity index (χ2v) is 9.53. The average Bonchev–Trinajstić information content (AvgIpc) is 2.76. The predicted molar refractivity (Wildman–Crippen MR) is 121 cm³/mol. The molecule has 144 valence electrons. The van der Waals surface area contributed by atoms with Crippen LogP contribution in [0.1, 0.15) is 24.8 Å². The van der Waals surface area contributed by atoms with E-state index in [1.807, 2.05) is 72.8 Å². The highest BCUT2D eigenvalue weighted by molar-refractivity contribution is 7.76. The monoisotopic (exact) mass is 389 g/mol. The van der Waals surface area contributed by atoms with Gasteiger partial charge in [0, 0.05) is 16.7 Å². The fourth-order valence-electron chi connectivity index (χ4n) is 3.45. The maximum Gasteiger partial charge on any atom is 0.204 e. The first kappa shape index (κ1) is 20.3. The SMILES string of the molecule is C=CCCC[C@H](Cc1ccccc1)NP(=O)(c1ccccc1)c1ccccc1. The third kappa shape index (κ3) is 5.32. The molecule has 0 saturated heterocycles. The minimum absolute atomic E-state index is 0.119. The van der Waals surface area contributed by atoms with Gasteiger partial charge in [0.15, 0.2) is 0 Å². The van der Waals surface area contributed by atoms with Crippen LogP contribution < -0.4 is 15.7 Å². The molecule has 2 nitrogen and oxygen atoms in total. The molecule has 0 saturated carbocycles. The summed E-state index contributed by atoms with van der Waals surface area (Å²) in [4.78, 5) is 0. The Morgan fingerprint density at radius 3 is 1.82 bits per heavy atom. The average molecular weight is 389 g/mol. The van der Waals surface area contributed by atoms with E-state index < -0.39 is 7.29 Å². The first-order valence-electron chi connectivity index (χ1n) is 9.86. The largest absolute Gasteiger partial charge is 0.297 e. The lowest BCUT2D eigenvalue weighted by molar-refractivity contribution is 0.520. The fourth-order valence-corrected chi connectivity index (χ4v) is 5.97. The van der Waals surface area contributed by atoms with Gasteiger partial charge in [-0.3, -0.25) is 9.65 Å². The van der Waals surface area contributed by atoms with Gasteiger partial charge in [-0.15, -0.1) is 6.58 Å². The van der Waals surface area contributed by atoms with Crippen LogP contribution in [0.5, 0.6) is 0 Å². The molecule has 3 rings (SSSR count). The summed E-state index contributed by atoms with van der Waals surface area (Å²) in [6, 6.07) is 30.1. The predicted octanol–water partition coefficient (Wildman–Crippen LogP) is 5.47. The summed E-state index contributed by atoms with van der Waals surface area (Å²) >= 11 is 0. The van der Waals surface area contributed by atoms with Crippen molar-refractivity contribution < 1.29 is 4.57 Å². The number of allylic oxidation sites excluding steroid dienone is 1. The van der Waals surface area contributed by atoms with E-state index in [1.165, 1.54) is 5.56 Å². The number of hydrogen-bond acceptors (Lipinski definition) is 1. The second-order valence-electron chi connectivity index (χ2n) is 7.02. The van der Waals surface area contributed by atoms with Crippen molar-refractivity contribution in [3.8, 4) is 0 Å². The number of hydrogen-bond donors (Lipinski definition) is 1. The van der Waals surface area contributed by atoms with Gasteiger partial charge in [0.2, 0.25) is 7.29 Å². The summed E-state index contributed by atoms with van der Waals surface area (Å²) in [7, 11) is -2.94. The van der Waals surface area contributed by atoms with Crippen LogP contribution in [-0.4, -0.2) is 6.04 Å². The standard InChI is InChI=1S/C25H28NOP/c1-2-3-7-16-23(21-22-14-8-4-9-15-22)26-28(27,24-17-10-5-11-18-24)25-19-12-6-13-20-25/h2,4-6,8-15,17-20,23H,1,3,7,16,21H2,(H,26,27)/t23-/m1/s1. The molecule has 0 fully saturated rings. The molecule has 0 heterocycles. The van der Waals surface area contributed by atoms with Gasteiger partial charge in [-0.25, -0.2) is 0 Å². The van der Waals surface area contributed by atoms with Crippen molar-refractivity contribution in [2.24, 2.45) is 0 Å². The minimum Gasteiger partial charge on any atom is -0.297 e. The second kappa shape index (κ2) is 10.2. The van der Waals surface area contributed by atoms with Crippen LogP contribution in [-0.2, 0) is 11.0 Å².